The van der Waals surface area contributed by atoms with Crippen LogP contribution in [0.3, 0.4) is 0 Å². The molecule has 1 aromatic carbocycles. The molecule has 0 saturated carbocycles. The summed E-state index contributed by atoms with van der Waals surface area (Å²) in [6, 6.07) is 10.8. The highest BCUT2D eigenvalue weighted by Crippen LogP contribution is 2.29. The number of hydrogen-bond acceptors (Lipinski definition) is 5. The summed E-state index contributed by atoms with van der Waals surface area (Å²) in [6.45, 7) is 8.51. The van der Waals surface area contributed by atoms with E-state index in [9.17, 15) is 9.90 Å². The lowest BCUT2D eigenvalue weighted by Crippen LogP contribution is -2.42. The number of aromatic nitrogens is 1. The monoisotopic (exact) mass is 411 g/mol. The van der Waals surface area contributed by atoms with Gasteiger partial charge in [0.2, 0.25) is 5.76 Å². The van der Waals surface area contributed by atoms with Gasteiger partial charge in [-0.1, -0.05) is 43.3 Å². The average Bonchev–Trinajstić information content (AvgIpc) is 3.24. The van der Waals surface area contributed by atoms with E-state index in [-0.39, 0.29) is 5.91 Å². The van der Waals surface area contributed by atoms with Crippen molar-refractivity contribution in [2.75, 3.05) is 26.2 Å². The number of β-amino-alcohol motifs (C(OH)–C–C–N with tert-alkyl or cyclic N) is 1. The minimum absolute atomic E-state index is 0.158. The molecule has 6 nitrogen and oxygen atoms in total. The van der Waals surface area contributed by atoms with Crippen LogP contribution in [-0.4, -0.2) is 58.3 Å². The molecule has 1 atom stereocenters. The summed E-state index contributed by atoms with van der Waals surface area (Å²) in [5.74, 6) is 1.04. The number of likely N-dealkylation sites (tertiary alicyclic amines) is 2. The number of hydrogen-bond donors (Lipinski definition) is 1. The van der Waals surface area contributed by atoms with Crippen molar-refractivity contribution in [2.45, 2.75) is 64.0 Å². The summed E-state index contributed by atoms with van der Waals surface area (Å²) in [5.41, 5.74) is 3.63. The molecule has 0 bridgehead atoms. The SMILES string of the molecule is CC(C)c1ccc(CN2CCC(c3cc(C(=O)N4CCCC(O)C4)on3)CC2)cc1. The molecule has 162 valence electrons. The highest BCUT2D eigenvalue weighted by atomic mass is 16.5. The van der Waals surface area contributed by atoms with Crippen LogP contribution >= 0.6 is 0 Å². The van der Waals surface area contributed by atoms with E-state index >= 15 is 0 Å². The van der Waals surface area contributed by atoms with Crippen LogP contribution in [0.2, 0.25) is 0 Å². The number of nitrogens with zero attached hydrogens (tertiary/aromatic N) is 3. The van der Waals surface area contributed by atoms with Gasteiger partial charge in [0.15, 0.2) is 0 Å². The lowest BCUT2D eigenvalue weighted by Gasteiger charge is -2.31. The molecule has 30 heavy (non-hydrogen) atoms. The van der Waals surface area contributed by atoms with Gasteiger partial charge < -0.3 is 14.5 Å². The van der Waals surface area contributed by atoms with Crippen molar-refractivity contribution in [3.63, 3.8) is 0 Å². The van der Waals surface area contributed by atoms with E-state index < -0.39 is 6.10 Å². The van der Waals surface area contributed by atoms with Crippen molar-refractivity contribution < 1.29 is 14.4 Å². The first-order valence-corrected chi connectivity index (χ1v) is 11.2. The largest absolute Gasteiger partial charge is 0.391 e. The first kappa shape index (κ1) is 21.1. The van der Waals surface area contributed by atoms with Crippen LogP contribution in [-0.2, 0) is 6.54 Å². The predicted molar refractivity (Wildman–Crippen MR) is 115 cm³/mol. The summed E-state index contributed by atoms with van der Waals surface area (Å²) in [5, 5.41) is 14.0. The third kappa shape index (κ3) is 4.93. The van der Waals surface area contributed by atoms with E-state index in [0.717, 1.165) is 51.0 Å². The van der Waals surface area contributed by atoms with Gasteiger partial charge in [-0.2, -0.15) is 0 Å². The zero-order chi connectivity index (χ0) is 21.1. The van der Waals surface area contributed by atoms with Gasteiger partial charge in [-0.3, -0.25) is 9.69 Å². The number of carbonyl (C=O) groups excluding carboxylic acids is 1. The minimum atomic E-state index is -0.434. The Labute approximate surface area is 178 Å². The molecule has 4 rings (SSSR count). The molecule has 6 heteroatoms. The average molecular weight is 412 g/mol. The maximum absolute atomic E-state index is 12.6. The van der Waals surface area contributed by atoms with Crippen LogP contribution in [0.4, 0.5) is 0 Å². The van der Waals surface area contributed by atoms with Crippen LogP contribution < -0.4 is 0 Å². The van der Waals surface area contributed by atoms with E-state index in [1.165, 1.54) is 11.1 Å². The topological polar surface area (TPSA) is 69.8 Å². The fourth-order valence-electron chi connectivity index (χ4n) is 4.53. The first-order valence-electron chi connectivity index (χ1n) is 11.2. The number of amides is 1. The zero-order valence-corrected chi connectivity index (χ0v) is 18.1. The molecule has 1 aromatic heterocycles. The smallest absolute Gasteiger partial charge is 0.292 e. The second-order valence-corrected chi connectivity index (χ2v) is 9.11. The number of aliphatic hydroxyl groups is 1. The molecule has 2 saturated heterocycles. The molecule has 1 unspecified atom stereocenters. The van der Waals surface area contributed by atoms with E-state index in [1.54, 1.807) is 4.90 Å². The minimum Gasteiger partial charge on any atom is -0.391 e. The van der Waals surface area contributed by atoms with Crippen molar-refractivity contribution in [1.82, 2.24) is 15.0 Å². The quantitative estimate of drug-likeness (QED) is 0.811. The van der Waals surface area contributed by atoms with Crippen LogP contribution in [0, 0.1) is 0 Å². The highest BCUT2D eigenvalue weighted by Gasteiger charge is 2.28. The summed E-state index contributed by atoms with van der Waals surface area (Å²) >= 11 is 0. The maximum atomic E-state index is 12.6. The van der Waals surface area contributed by atoms with Crippen molar-refractivity contribution in [2.24, 2.45) is 0 Å². The molecular formula is C24H33N3O3. The Balaban J connectivity index is 1.29. The second kappa shape index (κ2) is 9.31. The van der Waals surface area contributed by atoms with Crippen LogP contribution in [0.25, 0.3) is 0 Å². The van der Waals surface area contributed by atoms with Crippen LogP contribution in [0.15, 0.2) is 34.9 Å². The Hall–Kier alpha value is -2.18. The Bertz CT molecular complexity index is 838. The molecule has 0 aliphatic carbocycles. The normalized spacial score (nSPS) is 21.3. The summed E-state index contributed by atoms with van der Waals surface area (Å²) < 4.78 is 5.38. The fourth-order valence-corrected chi connectivity index (χ4v) is 4.53. The van der Waals surface area contributed by atoms with Gasteiger partial charge in [-0.05, 0) is 55.8 Å². The number of piperidine rings is 2. The zero-order valence-electron chi connectivity index (χ0n) is 18.1. The Morgan fingerprint density at radius 3 is 2.57 bits per heavy atom. The van der Waals surface area contributed by atoms with Gasteiger partial charge in [0.1, 0.15) is 0 Å². The van der Waals surface area contributed by atoms with Crippen molar-refractivity contribution >= 4 is 5.91 Å². The third-order valence-electron chi connectivity index (χ3n) is 6.48. The van der Waals surface area contributed by atoms with Crippen molar-refractivity contribution in [3.05, 3.63) is 52.9 Å². The van der Waals surface area contributed by atoms with Crippen molar-refractivity contribution in [3.8, 4) is 0 Å². The first-order chi connectivity index (χ1) is 14.5. The standard InChI is InChI=1S/C24H33N3O3/c1-17(2)19-7-5-18(6-8-19)15-26-12-9-20(10-13-26)22-14-23(30-25-22)24(29)27-11-3-4-21(28)16-27/h5-8,14,17,20-21,28H,3-4,9-13,15-16H2,1-2H3. The van der Waals surface area contributed by atoms with Crippen LogP contribution in [0.1, 0.15) is 78.7 Å². The maximum Gasteiger partial charge on any atom is 0.292 e. The van der Waals surface area contributed by atoms with Gasteiger partial charge >= 0.3 is 0 Å². The summed E-state index contributed by atoms with van der Waals surface area (Å²) in [4.78, 5) is 16.8. The van der Waals surface area contributed by atoms with Gasteiger partial charge in [0, 0.05) is 31.6 Å². The van der Waals surface area contributed by atoms with Crippen LogP contribution in [0.5, 0.6) is 0 Å². The van der Waals surface area contributed by atoms with Gasteiger partial charge in [-0.15, -0.1) is 0 Å². The Morgan fingerprint density at radius 2 is 1.90 bits per heavy atom. The number of rotatable bonds is 5. The van der Waals surface area contributed by atoms with Gasteiger partial charge in [0.25, 0.3) is 5.91 Å². The molecule has 2 fully saturated rings. The third-order valence-corrected chi connectivity index (χ3v) is 6.48. The molecule has 1 amide bonds. The lowest BCUT2D eigenvalue weighted by molar-refractivity contribution is 0.0441. The molecule has 2 aliphatic rings. The molecule has 3 heterocycles. The lowest BCUT2D eigenvalue weighted by atomic mass is 9.93. The molecule has 0 spiro atoms. The predicted octanol–water partition coefficient (Wildman–Crippen LogP) is 3.77. The Kier molecular flexibility index (Phi) is 6.54. The van der Waals surface area contributed by atoms with E-state index in [1.807, 2.05) is 6.07 Å². The fraction of sp³-hybridized carbons (Fsp3) is 0.583. The Morgan fingerprint density at radius 1 is 1.17 bits per heavy atom. The van der Waals surface area contributed by atoms with E-state index in [2.05, 4.69) is 48.2 Å². The number of benzene rings is 1. The molecule has 2 aliphatic heterocycles. The number of aliphatic hydroxyl groups excluding tert-OH is 1. The highest BCUT2D eigenvalue weighted by molar-refractivity contribution is 5.91. The second-order valence-electron chi connectivity index (χ2n) is 9.11. The number of carbonyl (C=O) groups is 1. The van der Waals surface area contributed by atoms with Gasteiger partial charge in [-0.25, -0.2) is 0 Å². The van der Waals surface area contributed by atoms with E-state index in [4.69, 9.17) is 4.52 Å². The molecule has 2 aromatic rings. The summed E-state index contributed by atoms with van der Waals surface area (Å²) in [7, 11) is 0. The van der Waals surface area contributed by atoms with Crippen molar-refractivity contribution in [1.29, 1.82) is 0 Å². The molecule has 0 radical (unpaired) electrons. The summed E-state index contributed by atoms with van der Waals surface area (Å²) in [6.07, 6.45) is 3.19. The molecule has 1 N–H and O–H groups in total. The van der Waals surface area contributed by atoms with E-state index in [0.29, 0.717) is 30.7 Å². The van der Waals surface area contributed by atoms with Gasteiger partial charge in [0.05, 0.1) is 11.8 Å². The molecular weight excluding hydrogens is 378 g/mol.